The number of halogens is 1. The summed E-state index contributed by atoms with van der Waals surface area (Å²) < 4.78 is 12.1. The molecule has 0 aliphatic rings. The summed E-state index contributed by atoms with van der Waals surface area (Å²) in [4.78, 5) is 0. The molecule has 23 heavy (non-hydrogen) atoms. The fourth-order valence-electron chi connectivity index (χ4n) is 2.76. The summed E-state index contributed by atoms with van der Waals surface area (Å²) in [5.41, 5.74) is 1.48. The van der Waals surface area contributed by atoms with E-state index in [0.29, 0.717) is 17.1 Å². The summed E-state index contributed by atoms with van der Waals surface area (Å²) >= 11 is 3.41. The van der Waals surface area contributed by atoms with Crippen molar-refractivity contribution in [1.29, 1.82) is 0 Å². The minimum atomic E-state index is -0.795. The molecule has 0 aromatic heterocycles. The second-order valence-electron chi connectivity index (χ2n) is 5.20. The van der Waals surface area contributed by atoms with Gasteiger partial charge in [0, 0.05) is 20.8 Å². The first kappa shape index (κ1) is 15.8. The van der Waals surface area contributed by atoms with Crippen molar-refractivity contribution in [2.45, 2.75) is 6.10 Å². The number of aliphatic hydroxyl groups is 1. The summed E-state index contributed by atoms with van der Waals surface area (Å²) in [5.74, 6) is 1.38. The van der Waals surface area contributed by atoms with E-state index >= 15 is 0 Å². The molecule has 0 aliphatic carbocycles. The lowest BCUT2D eigenvalue weighted by molar-refractivity contribution is 0.214. The van der Waals surface area contributed by atoms with Gasteiger partial charge in [-0.1, -0.05) is 52.3 Å². The summed E-state index contributed by atoms with van der Waals surface area (Å²) in [6.45, 7) is 0. The molecule has 0 radical (unpaired) electrons. The summed E-state index contributed by atoms with van der Waals surface area (Å²) in [6, 6.07) is 17.3. The maximum absolute atomic E-state index is 10.8. The van der Waals surface area contributed by atoms with Gasteiger partial charge in [-0.25, -0.2) is 0 Å². The second kappa shape index (κ2) is 6.60. The molecular formula is C19H17BrO3. The van der Waals surface area contributed by atoms with E-state index < -0.39 is 6.10 Å². The summed E-state index contributed by atoms with van der Waals surface area (Å²) in [5, 5.41) is 12.7. The Hall–Kier alpha value is -2.04. The third-order valence-corrected chi connectivity index (χ3v) is 4.42. The topological polar surface area (TPSA) is 38.7 Å². The monoisotopic (exact) mass is 372 g/mol. The van der Waals surface area contributed by atoms with E-state index in [0.717, 1.165) is 20.8 Å². The van der Waals surface area contributed by atoms with Gasteiger partial charge in [-0.05, 0) is 23.8 Å². The van der Waals surface area contributed by atoms with E-state index in [9.17, 15) is 5.11 Å². The fourth-order valence-corrected chi connectivity index (χ4v) is 3.02. The Morgan fingerprint density at radius 3 is 2.17 bits per heavy atom. The Morgan fingerprint density at radius 2 is 1.57 bits per heavy atom. The van der Waals surface area contributed by atoms with Gasteiger partial charge >= 0.3 is 0 Å². The van der Waals surface area contributed by atoms with Gasteiger partial charge in [0.2, 0.25) is 0 Å². The SMILES string of the molecule is COc1cc(C(O)c2ccc(Br)cc2)c(OC)c2ccccc12. The highest BCUT2D eigenvalue weighted by atomic mass is 79.9. The van der Waals surface area contributed by atoms with Crippen LogP contribution in [0.2, 0.25) is 0 Å². The lowest BCUT2D eigenvalue weighted by Gasteiger charge is -2.19. The van der Waals surface area contributed by atoms with Gasteiger partial charge in [0.15, 0.2) is 0 Å². The molecule has 1 atom stereocenters. The Balaban J connectivity index is 2.21. The zero-order valence-corrected chi connectivity index (χ0v) is 14.5. The van der Waals surface area contributed by atoms with Crippen molar-refractivity contribution in [3.8, 4) is 11.5 Å². The Kier molecular flexibility index (Phi) is 4.55. The number of aliphatic hydroxyl groups excluding tert-OH is 1. The lowest BCUT2D eigenvalue weighted by atomic mass is 9.96. The van der Waals surface area contributed by atoms with Crippen molar-refractivity contribution in [3.05, 3.63) is 70.2 Å². The van der Waals surface area contributed by atoms with Crippen molar-refractivity contribution in [3.63, 3.8) is 0 Å². The normalized spacial score (nSPS) is 12.2. The van der Waals surface area contributed by atoms with Crippen LogP contribution in [0.5, 0.6) is 11.5 Å². The maximum Gasteiger partial charge on any atom is 0.133 e. The molecule has 3 rings (SSSR count). The molecule has 3 aromatic rings. The summed E-state index contributed by atoms with van der Waals surface area (Å²) in [7, 11) is 3.25. The molecule has 4 heteroatoms. The number of fused-ring (bicyclic) bond motifs is 1. The molecule has 1 unspecified atom stereocenters. The van der Waals surface area contributed by atoms with E-state index in [1.54, 1.807) is 14.2 Å². The molecular weight excluding hydrogens is 356 g/mol. The van der Waals surface area contributed by atoms with Gasteiger partial charge in [-0.2, -0.15) is 0 Å². The number of ether oxygens (including phenoxy) is 2. The Morgan fingerprint density at radius 1 is 0.913 bits per heavy atom. The molecule has 0 bridgehead atoms. The van der Waals surface area contributed by atoms with Crippen LogP contribution in [0.4, 0.5) is 0 Å². The number of hydrogen-bond donors (Lipinski definition) is 1. The number of methoxy groups -OCH3 is 2. The van der Waals surface area contributed by atoms with Crippen LogP contribution in [0.1, 0.15) is 17.2 Å². The number of rotatable bonds is 4. The quantitative estimate of drug-likeness (QED) is 0.721. The molecule has 0 aliphatic heterocycles. The first-order chi connectivity index (χ1) is 11.2. The molecule has 1 N–H and O–H groups in total. The Bertz CT molecular complexity index is 828. The van der Waals surface area contributed by atoms with Crippen molar-refractivity contribution in [2.24, 2.45) is 0 Å². The van der Waals surface area contributed by atoms with Crippen LogP contribution in [-0.2, 0) is 0 Å². The summed E-state index contributed by atoms with van der Waals surface area (Å²) in [6.07, 6.45) is -0.795. The molecule has 3 aromatic carbocycles. The molecule has 0 spiro atoms. The van der Waals surface area contributed by atoms with Gasteiger partial charge in [-0.3, -0.25) is 0 Å². The van der Waals surface area contributed by atoms with Gasteiger partial charge in [-0.15, -0.1) is 0 Å². The predicted molar refractivity (Wildman–Crippen MR) is 95.3 cm³/mol. The van der Waals surface area contributed by atoms with Crippen LogP contribution in [0.15, 0.2) is 59.1 Å². The average Bonchev–Trinajstić information content (AvgIpc) is 2.60. The highest BCUT2D eigenvalue weighted by molar-refractivity contribution is 9.10. The van der Waals surface area contributed by atoms with E-state index in [4.69, 9.17) is 9.47 Å². The van der Waals surface area contributed by atoms with Crippen LogP contribution >= 0.6 is 15.9 Å². The van der Waals surface area contributed by atoms with E-state index in [1.807, 2.05) is 54.6 Å². The van der Waals surface area contributed by atoms with Crippen molar-refractivity contribution < 1.29 is 14.6 Å². The van der Waals surface area contributed by atoms with E-state index in [-0.39, 0.29) is 0 Å². The molecule has 0 fully saturated rings. The highest BCUT2D eigenvalue weighted by Crippen LogP contribution is 2.41. The van der Waals surface area contributed by atoms with Crippen LogP contribution in [0.3, 0.4) is 0 Å². The molecule has 0 saturated carbocycles. The maximum atomic E-state index is 10.8. The highest BCUT2D eigenvalue weighted by Gasteiger charge is 2.20. The minimum Gasteiger partial charge on any atom is -0.496 e. The zero-order valence-electron chi connectivity index (χ0n) is 12.9. The van der Waals surface area contributed by atoms with Gasteiger partial charge in [0.05, 0.1) is 14.2 Å². The van der Waals surface area contributed by atoms with Crippen LogP contribution in [0.25, 0.3) is 10.8 Å². The Labute approximate surface area is 143 Å². The minimum absolute atomic E-state index is 0.664. The van der Waals surface area contributed by atoms with Crippen LogP contribution in [0, 0.1) is 0 Å². The van der Waals surface area contributed by atoms with Crippen LogP contribution in [-0.4, -0.2) is 19.3 Å². The predicted octanol–water partition coefficient (Wildman–Crippen LogP) is 4.70. The van der Waals surface area contributed by atoms with E-state index in [2.05, 4.69) is 15.9 Å². The standard InChI is InChI=1S/C19H17BrO3/c1-22-17-11-16(18(21)12-7-9-13(20)10-8-12)19(23-2)15-6-4-3-5-14(15)17/h3-11,18,21H,1-2H3. The van der Waals surface area contributed by atoms with Gasteiger partial charge in [0.1, 0.15) is 17.6 Å². The first-order valence-electron chi connectivity index (χ1n) is 7.23. The first-order valence-corrected chi connectivity index (χ1v) is 8.02. The lowest BCUT2D eigenvalue weighted by Crippen LogP contribution is -2.04. The molecule has 3 nitrogen and oxygen atoms in total. The molecule has 0 amide bonds. The fraction of sp³-hybridized carbons (Fsp3) is 0.158. The van der Waals surface area contributed by atoms with Gasteiger partial charge < -0.3 is 14.6 Å². The number of hydrogen-bond acceptors (Lipinski definition) is 3. The third-order valence-electron chi connectivity index (χ3n) is 3.89. The third kappa shape index (κ3) is 2.92. The molecule has 118 valence electrons. The number of benzene rings is 3. The van der Waals surface area contributed by atoms with Crippen molar-refractivity contribution in [2.75, 3.05) is 14.2 Å². The van der Waals surface area contributed by atoms with Gasteiger partial charge in [0.25, 0.3) is 0 Å². The molecule has 0 heterocycles. The average molecular weight is 373 g/mol. The molecule has 0 saturated heterocycles. The zero-order chi connectivity index (χ0) is 16.4. The largest absolute Gasteiger partial charge is 0.496 e. The smallest absolute Gasteiger partial charge is 0.133 e. The van der Waals surface area contributed by atoms with Crippen molar-refractivity contribution >= 4 is 26.7 Å². The van der Waals surface area contributed by atoms with Crippen molar-refractivity contribution in [1.82, 2.24) is 0 Å². The van der Waals surface area contributed by atoms with E-state index in [1.165, 1.54) is 0 Å². The second-order valence-corrected chi connectivity index (χ2v) is 6.12. The van der Waals surface area contributed by atoms with Crippen LogP contribution < -0.4 is 9.47 Å².